The van der Waals surface area contributed by atoms with Crippen LogP contribution in [0.3, 0.4) is 0 Å². The molecular weight excluding hydrogens is 415 g/mol. The molecular formula is C20H25IO3. The molecule has 24 heavy (non-hydrogen) atoms. The number of fused-ring (bicyclic) bond motifs is 5. The third-order valence-electron chi connectivity index (χ3n) is 7.37. The minimum Gasteiger partial charge on any atom is -0.376 e. The number of alkyl halides is 1. The molecule has 0 aliphatic heterocycles. The van der Waals surface area contributed by atoms with Crippen LogP contribution in [0.2, 0.25) is 0 Å². The maximum atomic E-state index is 12.4. The Labute approximate surface area is 157 Å². The summed E-state index contributed by atoms with van der Waals surface area (Å²) < 4.78 is -0.205. The molecule has 1 N–H and O–H groups in total. The standard InChI is InChI=1S/C20H25IO3/c1-11(22)20(24)10-12-3-4-14-13(15(12)9-17(20)21)7-8-19(2)16(14)5-6-18(19)23/h9-10,13-14,16-17,24H,3-8H2,1-2H3/t13-,14+,16-,17?,19-,20?/m0/s1. The fraction of sp³-hybridized carbons (Fsp3) is 0.700. The van der Waals surface area contributed by atoms with E-state index < -0.39 is 5.60 Å². The van der Waals surface area contributed by atoms with Crippen LogP contribution in [0, 0.1) is 23.2 Å². The predicted molar refractivity (Wildman–Crippen MR) is 101 cm³/mol. The molecule has 0 heterocycles. The molecule has 4 aliphatic rings. The number of carbonyl (C=O) groups is 2. The van der Waals surface area contributed by atoms with E-state index in [-0.39, 0.29) is 15.1 Å². The Bertz CT molecular complexity index is 678. The molecule has 0 radical (unpaired) electrons. The molecule has 0 spiro atoms. The van der Waals surface area contributed by atoms with Crippen LogP contribution in [0.4, 0.5) is 0 Å². The van der Waals surface area contributed by atoms with E-state index >= 15 is 0 Å². The lowest BCUT2D eigenvalue weighted by atomic mass is 9.54. The molecule has 0 saturated heterocycles. The number of hydrogen-bond acceptors (Lipinski definition) is 3. The van der Waals surface area contributed by atoms with Gasteiger partial charge < -0.3 is 5.11 Å². The fourth-order valence-electron chi connectivity index (χ4n) is 5.86. The molecule has 130 valence electrons. The molecule has 6 atom stereocenters. The molecule has 0 bridgehead atoms. The van der Waals surface area contributed by atoms with Crippen molar-refractivity contribution in [1.82, 2.24) is 0 Å². The largest absolute Gasteiger partial charge is 0.376 e. The van der Waals surface area contributed by atoms with Crippen molar-refractivity contribution >= 4 is 34.2 Å². The summed E-state index contributed by atoms with van der Waals surface area (Å²) in [6, 6.07) is 0. The number of Topliss-reactive ketones (excluding diaryl/α,β-unsaturated/α-hetero) is 2. The van der Waals surface area contributed by atoms with Gasteiger partial charge in [0, 0.05) is 11.8 Å². The minimum atomic E-state index is -1.35. The summed E-state index contributed by atoms with van der Waals surface area (Å²) in [7, 11) is 0. The molecule has 4 heteroatoms. The van der Waals surface area contributed by atoms with Gasteiger partial charge in [-0.15, -0.1) is 0 Å². The first-order valence-corrected chi connectivity index (χ1v) is 10.4. The van der Waals surface area contributed by atoms with Gasteiger partial charge >= 0.3 is 0 Å². The Hall–Kier alpha value is -0.490. The highest BCUT2D eigenvalue weighted by Gasteiger charge is 2.56. The predicted octanol–water partition coefficient (Wildman–Crippen LogP) is 3.78. The molecule has 0 amide bonds. The van der Waals surface area contributed by atoms with Gasteiger partial charge in [0.15, 0.2) is 11.4 Å². The Morgan fingerprint density at radius 2 is 2.04 bits per heavy atom. The molecule has 0 aromatic rings. The highest BCUT2D eigenvalue weighted by atomic mass is 127. The maximum Gasteiger partial charge on any atom is 0.166 e. The van der Waals surface area contributed by atoms with Crippen molar-refractivity contribution in [2.45, 2.75) is 61.9 Å². The minimum absolute atomic E-state index is 0.0958. The van der Waals surface area contributed by atoms with Crippen molar-refractivity contribution in [2.75, 3.05) is 0 Å². The number of rotatable bonds is 1. The highest BCUT2D eigenvalue weighted by molar-refractivity contribution is 14.1. The third-order valence-corrected chi connectivity index (χ3v) is 8.68. The fourth-order valence-corrected chi connectivity index (χ4v) is 6.87. The van der Waals surface area contributed by atoms with Crippen molar-refractivity contribution < 1.29 is 14.7 Å². The topological polar surface area (TPSA) is 54.4 Å². The van der Waals surface area contributed by atoms with E-state index in [2.05, 4.69) is 35.6 Å². The van der Waals surface area contributed by atoms with E-state index in [0.29, 0.717) is 23.5 Å². The molecule has 3 nitrogen and oxygen atoms in total. The van der Waals surface area contributed by atoms with Gasteiger partial charge in [-0.3, -0.25) is 9.59 Å². The highest BCUT2D eigenvalue weighted by Crippen LogP contribution is 2.60. The lowest BCUT2D eigenvalue weighted by molar-refractivity contribution is -0.131. The van der Waals surface area contributed by atoms with Crippen LogP contribution in [0.15, 0.2) is 23.3 Å². The number of ketones is 2. The summed E-state index contributed by atoms with van der Waals surface area (Å²) >= 11 is 2.19. The molecule has 0 aromatic heterocycles. The number of allylic oxidation sites excluding steroid dienone is 2. The lowest BCUT2D eigenvalue weighted by Crippen LogP contribution is -2.48. The molecule has 4 rings (SSSR count). The summed E-state index contributed by atoms with van der Waals surface area (Å²) in [5.74, 6) is 1.91. The van der Waals surface area contributed by atoms with Gasteiger partial charge in [0.2, 0.25) is 0 Å². The van der Waals surface area contributed by atoms with E-state index in [1.165, 1.54) is 18.1 Å². The maximum absolute atomic E-state index is 12.4. The lowest BCUT2D eigenvalue weighted by Gasteiger charge is -2.50. The Balaban J connectivity index is 1.68. The van der Waals surface area contributed by atoms with Gasteiger partial charge in [0.05, 0.1) is 3.92 Å². The van der Waals surface area contributed by atoms with E-state index in [1.54, 1.807) is 0 Å². The average molecular weight is 440 g/mol. The average Bonchev–Trinajstić information content (AvgIpc) is 2.84. The second-order valence-electron chi connectivity index (χ2n) is 8.41. The van der Waals surface area contributed by atoms with Crippen LogP contribution in [0.5, 0.6) is 0 Å². The zero-order valence-electron chi connectivity index (χ0n) is 14.3. The summed E-state index contributed by atoms with van der Waals surface area (Å²) in [4.78, 5) is 24.4. The van der Waals surface area contributed by atoms with E-state index in [9.17, 15) is 14.7 Å². The molecule has 0 aromatic carbocycles. The van der Waals surface area contributed by atoms with Crippen LogP contribution in [-0.2, 0) is 9.59 Å². The van der Waals surface area contributed by atoms with Gasteiger partial charge in [-0.1, -0.05) is 35.6 Å². The van der Waals surface area contributed by atoms with Crippen LogP contribution >= 0.6 is 22.6 Å². The second kappa shape index (κ2) is 5.50. The van der Waals surface area contributed by atoms with Crippen molar-refractivity contribution in [3.8, 4) is 0 Å². The number of carbonyl (C=O) groups excluding carboxylic acids is 2. The van der Waals surface area contributed by atoms with Crippen molar-refractivity contribution in [3.05, 3.63) is 23.3 Å². The summed E-state index contributed by atoms with van der Waals surface area (Å²) in [5, 5.41) is 10.8. The van der Waals surface area contributed by atoms with E-state index in [4.69, 9.17) is 0 Å². The van der Waals surface area contributed by atoms with Gasteiger partial charge in [0.25, 0.3) is 0 Å². The van der Waals surface area contributed by atoms with Crippen LogP contribution in [0.1, 0.15) is 52.4 Å². The Morgan fingerprint density at radius 1 is 1.29 bits per heavy atom. The van der Waals surface area contributed by atoms with Gasteiger partial charge in [-0.05, 0) is 74.0 Å². The zero-order chi connectivity index (χ0) is 17.3. The van der Waals surface area contributed by atoms with E-state index in [1.807, 2.05) is 6.08 Å². The Kier molecular flexibility index (Phi) is 3.89. The SMILES string of the molecule is CC(=O)C1(O)C=C2CC[C@@H]3[C@H](CC[C@]4(C)C(=O)CC[C@@H]34)C2=CC1I. The van der Waals surface area contributed by atoms with E-state index in [0.717, 1.165) is 38.5 Å². The monoisotopic (exact) mass is 440 g/mol. The van der Waals surface area contributed by atoms with Gasteiger partial charge in [-0.25, -0.2) is 0 Å². The van der Waals surface area contributed by atoms with Crippen LogP contribution in [0.25, 0.3) is 0 Å². The summed E-state index contributed by atoms with van der Waals surface area (Å²) in [6.45, 7) is 3.67. The molecule has 3 saturated carbocycles. The first-order valence-electron chi connectivity index (χ1n) is 9.12. The molecule has 2 unspecified atom stereocenters. The molecule has 3 fully saturated rings. The number of aliphatic hydroxyl groups is 1. The summed E-state index contributed by atoms with van der Waals surface area (Å²) in [5.41, 5.74) is 1.09. The normalized spacial score (nSPS) is 47.2. The number of hydrogen-bond donors (Lipinski definition) is 1. The summed E-state index contributed by atoms with van der Waals surface area (Å²) in [6.07, 6.45) is 9.85. The van der Waals surface area contributed by atoms with Crippen LogP contribution < -0.4 is 0 Å². The third kappa shape index (κ3) is 2.17. The first kappa shape index (κ1) is 17.0. The van der Waals surface area contributed by atoms with Crippen LogP contribution in [-0.4, -0.2) is 26.2 Å². The zero-order valence-corrected chi connectivity index (χ0v) is 16.5. The van der Waals surface area contributed by atoms with Crippen molar-refractivity contribution in [1.29, 1.82) is 0 Å². The number of halogens is 1. The van der Waals surface area contributed by atoms with Crippen molar-refractivity contribution in [2.24, 2.45) is 23.2 Å². The Morgan fingerprint density at radius 3 is 2.75 bits per heavy atom. The van der Waals surface area contributed by atoms with Crippen molar-refractivity contribution in [3.63, 3.8) is 0 Å². The van der Waals surface area contributed by atoms with Gasteiger partial charge in [0.1, 0.15) is 5.78 Å². The quantitative estimate of drug-likeness (QED) is 0.499. The second-order valence-corrected chi connectivity index (χ2v) is 9.75. The van der Waals surface area contributed by atoms with Gasteiger partial charge in [-0.2, -0.15) is 0 Å². The first-order chi connectivity index (χ1) is 11.3. The molecule has 4 aliphatic carbocycles. The smallest absolute Gasteiger partial charge is 0.166 e.